The van der Waals surface area contributed by atoms with Crippen molar-refractivity contribution in [1.29, 1.82) is 0 Å². The molecule has 7 nitrogen and oxygen atoms in total. The van der Waals surface area contributed by atoms with Crippen LogP contribution in [0, 0.1) is 6.92 Å². The molecule has 0 spiro atoms. The number of rotatable bonds is 5. The Kier molecular flexibility index (Phi) is 5.55. The molecule has 0 saturated carbocycles. The second-order valence-electron chi connectivity index (χ2n) is 7.58. The first kappa shape index (κ1) is 19.1. The summed E-state index contributed by atoms with van der Waals surface area (Å²) in [7, 11) is 0. The van der Waals surface area contributed by atoms with Crippen LogP contribution in [0.25, 0.3) is 0 Å². The van der Waals surface area contributed by atoms with Gasteiger partial charge in [0, 0.05) is 56.0 Å². The van der Waals surface area contributed by atoms with Crippen molar-refractivity contribution in [3.8, 4) is 0 Å². The molecule has 1 fully saturated rings. The van der Waals surface area contributed by atoms with Gasteiger partial charge in [0.25, 0.3) is 0 Å². The molecule has 2 aromatic heterocycles. The molecule has 3 heterocycles. The van der Waals surface area contributed by atoms with Crippen LogP contribution < -0.4 is 15.1 Å². The van der Waals surface area contributed by atoms with E-state index in [0.29, 0.717) is 5.92 Å². The predicted octanol–water partition coefficient (Wildman–Crippen LogP) is 3.77. The van der Waals surface area contributed by atoms with Gasteiger partial charge in [0.15, 0.2) is 0 Å². The molecule has 0 aliphatic carbocycles. The Labute approximate surface area is 171 Å². The van der Waals surface area contributed by atoms with Gasteiger partial charge in [-0.15, -0.1) is 0 Å². The van der Waals surface area contributed by atoms with E-state index in [1.54, 1.807) is 12.4 Å². The molecule has 7 heteroatoms. The number of para-hydroxylation sites is 1. The lowest BCUT2D eigenvalue weighted by molar-refractivity contribution is 0.627. The summed E-state index contributed by atoms with van der Waals surface area (Å²) in [5, 5.41) is 3.50. The number of aromatic nitrogens is 4. The Hall–Kier alpha value is -3.22. The van der Waals surface area contributed by atoms with E-state index in [1.807, 2.05) is 25.1 Å². The number of aryl methyl sites for hydroxylation is 1. The second kappa shape index (κ2) is 8.43. The summed E-state index contributed by atoms with van der Waals surface area (Å²) in [6, 6.07) is 12.2. The minimum absolute atomic E-state index is 0.439. The maximum absolute atomic E-state index is 4.80. The van der Waals surface area contributed by atoms with E-state index in [2.05, 4.69) is 62.1 Å². The molecule has 3 aromatic rings. The molecule has 29 heavy (non-hydrogen) atoms. The molecular weight excluding hydrogens is 362 g/mol. The zero-order valence-electron chi connectivity index (χ0n) is 17.2. The number of hydrogen-bond acceptors (Lipinski definition) is 7. The highest BCUT2D eigenvalue weighted by molar-refractivity contribution is 5.62. The number of hydrogen-bond donors (Lipinski definition) is 1. The normalized spacial score (nSPS) is 14.3. The molecule has 150 valence electrons. The van der Waals surface area contributed by atoms with Crippen molar-refractivity contribution in [2.75, 3.05) is 41.3 Å². The fraction of sp³-hybridized carbons (Fsp3) is 0.364. The van der Waals surface area contributed by atoms with Gasteiger partial charge in [0.1, 0.15) is 5.82 Å². The highest BCUT2D eigenvalue weighted by Crippen LogP contribution is 2.27. The van der Waals surface area contributed by atoms with Gasteiger partial charge in [0.05, 0.1) is 0 Å². The maximum Gasteiger partial charge on any atom is 0.227 e. The standard InChI is InChI=1S/C22H27N7/c1-16(2)18-7-4-5-8-19(18)26-20-15-17(3)25-22(27-20)29-13-11-28(12-14-29)21-23-9-6-10-24-21/h4-10,15-16H,11-14H2,1-3H3,(H,25,26,27). The molecular formula is C22H27N7. The van der Waals surface area contributed by atoms with Crippen molar-refractivity contribution in [1.82, 2.24) is 19.9 Å². The average molecular weight is 390 g/mol. The monoisotopic (exact) mass is 389 g/mol. The van der Waals surface area contributed by atoms with Crippen molar-refractivity contribution in [3.05, 3.63) is 60.0 Å². The Balaban J connectivity index is 1.50. The van der Waals surface area contributed by atoms with E-state index >= 15 is 0 Å². The number of nitrogens with zero attached hydrogens (tertiary/aromatic N) is 6. The fourth-order valence-electron chi connectivity index (χ4n) is 3.57. The maximum atomic E-state index is 4.80. The van der Waals surface area contributed by atoms with Crippen LogP contribution in [0.3, 0.4) is 0 Å². The van der Waals surface area contributed by atoms with Crippen LogP contribution >= 0.6 is 0 Å². The van der Waals surface area contributed by atoms with E-state index in [1.165, 1.54) is 5.56 Å². The molecule has 0 amide bonds. The fourth-order valence-corrected chi connectivity index (χ4v) is 3.57. The van der Waals surface area contributed by atoms with Crippen LogP contribution in [0.2, 0.25) is 0 Å². The molecule has 1 saturated heterocycles. The van der Waals surface area contributed by atoms with Crippen molar-refractivity contribution < 1.29 is 0 Å². The molecule has 1 aliphatic heterocycles. The minimum atomic E-state index is 0.439. The lowest BCUT2D eigenvalue weighted by atomic mass is 10.0. The van der Waals surface area contributed by atoms with Gasteiger partial charge in [0.2, 0.25) is 11.9 Å². The van der Waals surface area contributed by atoms with Gasteiger partial charge >= 0.3 is 0 Å². The average Bonchev–Trinajstić information content (AvgIpc) is 2.74. The first-order valence-electron chi connectivity index (χ1n) is 10.1. The van der Waals surface area contributed by atoms with Gasteiger partial charge < -0.3 is 15.1 Å². The predicted molar refractivity (Wildman–Crippen MR) is 117 cm³/mol. The molecule has 4 rings (SSSR count). The highest BCUT2D eigenvalue weighted by atomic mass is 15.4. The summed E-state index contributed by atoms with van der Waals surface area (Å²) >= 11 is 0. The molecule has 1 aliphatic rings. The van der Waals surface area contributed by atoms with Crippen molar-refractivity contribution >= 4 is 23.4 Å². The lowest BCUT2D eigenvalue weighted by Crippen LogP contribution is -2.47. The van der Waals surface area contributed by atoms with Crippen LogP contribution in [0.15, 0.2) is 48.8 Å². The van der Waals surface area contributed by atoms with Crippen molar-refractivity contribution in [2.24, 2.45) is 0 Å². The summed E-state index contributed by atoms with van der Waals surface area (Å²) < 4.78 is 0. The Bertz CT molecular complexity index is 950. The molecule has 0 atom stereocenters. The third-order valence-electron chi connectivity index (χ3n) is 5.09. The molecule has 0 radical (unpaired) electrons. The second-order valence-corrected chi connectivity index (χ2v) is 7.58. The number of benzene rings is 1. The van der Waals surface area contributed by atoms with Gasteiger partial charge in [-0.25, -0.2) is 15.0 Å². The van der Waals surface area contributed by atoms with E-state index in [-0.39, 0.29) is 0 Å². The summed E-state index contributed by atoms with van der Waals surface area (Å²) in [6.07, 6.45) is 3.57. The smallest absolute Gasteiger partial charge is 0.227 e. The van der Waals surface area contributed by atoms with Gasteiger partial charge in [-0.05, 0) is 30.5 Å². The van der Waals surface area contributed by atoms with Gasteiger partial charge in [-0.3, -0.25) is 0 Å². The summed E-state index contributed by atoms with van der Waals surface area (Å²) in [6.45, 7) is 9.78. The third-order valence-corrected chi connectivity index (χ3v) is 5.09. The Morgan fingerprint density at radius 2 is 1.52 bits per heavy atom. The van der Waals surface area contributed by atoms with Crippen LogP contribution in [-0.2, 0) is 0 Å². The van der Waals surface area contributed by atoms with Crippen LogP contribution in [0.5, 0.6) is 0 Å². The van der Waals surface area contributed by atoms with Crippen LogP contribution in [0.1, 0.15) is 31.0 Å². The van der Waals surface area contributed by atoms with Gasteiger partial charge in [-0.1, -0.05) is 32.0 Å². The topological polar surface area (TPSA) is 70.1 Å². The first-order valence-corrected chi connectivity index (χ1v) is 10.1. The zero-order chi connectivity index (χ0) is 20.2. The minimum Gasteiger partial charge on any atom is -0.340 e. The van der Waals surface area contributed by atoms with Gasteiger partial charge in [-0.2, -0.15) is 4.98 Å². The lowest BCUT2D eigenvalue weighted by Gasteiger charge is -2.34. The van der Waals surface area contributed by atoms with E-state index < -0.39 is 0 Å². The number of piperazine rings is 1. The first-order chi connectivity index (χ1) is 14.1. The summed E-state index contributed by atoms with van der Waals surface area (Å²) in [4.78, 5) is 22.6. The summed E-state index contributed by atoms with van der Waals surface area (Å²) in [5.41, 5.74) is 3.33. The van der Waals surface area contributed by atoms with E-state index in [4.69, 9.17) is 4.98 Å². The SMILES string of the molecule is Cc1cc(Nc2ccccc2C(C)C)nc(N2CCN(c3ncccn3)CC2)n1. The Morgan fingerprint density at radius 1 is 0.862 bits per heavy atom. The van der Waals surface area contributed by atoms with Crippen LogP contribution in [-0.4, -0.2) is 46.1 Å². The molecule has 1 aromatic carbocycles. The molecule has 1 N–H and O–H groups in total. The van der Waals surface area contributed by atoms with E-state index in [0.717, 1.165) is 55.3 Å². The van der Waals surface area contributed by atoms with Crippen molar-refractivity contribution in [2.45, 2.75) is 26.7 Å². The summed E-state index contributed by atoms with van der Waals surface area (Å²) in [5.74, 6) is 2.82. The molecule has 0 unspecified atom stereocenters. The van der Waals surface area contributed by atoms with Crippen LogP contribution in [0.4, 0.5) is 23.4 Å². The number of anilines is 4. The van der Waals surface area contributed by atoms with Crippen molar-refractivity contribution in [3.63, 3.8) is 0 Å². The Morgan fingerprint density at radius 3 is 2.21 bits per heavy atom. The largest absolute Gasteiger partial charge is 0.340 e. The number of nitrogens with one attached hydrogen (secondary N) is 1. The highest BCUT2D eigenvalue weighted by Gasteiger charge is 2.21. The zero-order valence-corrected chi connectivity index (χ0v) is 17.2. The van der Waals surface area contributed by atoms with E-state index in [9.17, 15) is 0 Å². The quantitative estimate of drug-likeness (QED) is 0.712. The third kappa shape index (κ3) is 4.45. The molecule has 0 bridgehead atoms.